The number of amides is 1. The second-order valence-corrected chi connectivity index (χ2v) is 6.58. The third-order valence-corrected chi connectivity index (χ3v) is 4.20. The molecule has 1 amide bonds. The van der Waals surface area contributed by atoms with Crippen LogP contribution >= 0.6 is 0 Å². The SMILES string of the molecule is NC(Cc1ccc(O)cc1)c1nc(C(=O)NCc2cc(F)cc(C(F)(F)F)c2)co1. The highest BCUT2D eigenvalue weighted by atomic mass is 19.4. The number of alkyl halides is 3. The number of carbonyl (C=O) groups excluding carboxylic acids is 1. The molecular weight excluding hydrogens is 406 g/mol. The van der Waals surface area contributed by atoms with E-state index in [-0.39, 0.29) is 29.4 Å². The molecule has 6 nitrogen and oxygen atoms in total. The fourth-order valence-electron chi connectivity index (χ4n) is 2.72. The second-order valence-electron chi connectivity index (χ2n) is 6.58. The summed E-state index contributed by atoms with van der Waals surface area (Å²) in [6, 6.07) is 7.75. The molecule has 2 aromatic carbocycles. The maximum atomic E-state index is 13.4. The second kappa shape index (κ2) is 8.54. The number of nitrogens with one attached hydrogen (secondary N) is 1. The molecule has 0 bridgehead atoms. The predicted molar refractivity (Wildman–Crippen MR) is 97.8 cm³/mol. The van der Waals surface area contributed by atoms with Crippen molar-refractivity contribution in [3.8, 4) is 5.75 Å². The lowest BCUT2D eigenvalue weighted by Gasteiger charge is -2.10. The van der Waals surface area contributed by atoms with E-state index in [2.05, 4.69) is 10.3 Å². The molecule has 1 heterocycles. The Kier molecular flexibility index (Phi) is 6.06. The van der Waals surface area contributed by atoms with Crippen LogP contribution in [0, 0.1) is 5.82 Å². The average Bonchev–Trinajstić information content (AvgIpc) is 3.17. The van der Waals surface area contributed by atoms with E-state index in [0.29, 0.717) is 12.5 Å². The van der Waals surface area contributed by atoms with Crippen molar-refractivity contribution in [3.63, 3.8) is 0 Å². The molecule has 1 unspecified atom stereocenters. The average molecular weight is 423 g/mol. The van der Waals surface area contributed by atoms with Crippen LogP contribution in [0.4, 0.5) is 17.6 Å². The number of halogens is 4. The molecule has 0 aliphatic heterocycles. The third-order valence-electron chi connectivity index (χ3n) is 4.20. The van der Waals surface area contributed by atoms with Gasteiger partial charge in [-0.3, -0.25) is 4.79 Å². The molecule has 0 aliphatic rings. The Balaban J connectivity index is 1.62. The van der Waals surface area contributed by atoms with Gasteiger partial charge in [0, 0.05) is 6.54 Å². The zero-order valence-corrected chi connectivity index (χ0v) is 15.4. The van der Waals surface area contributed by atoms with Crippen LogP contribution in [-0.4, -0.2) is 16.0 Å². The first-order valence-corrected chi connectivity index (χ1v) is 8.75. The maximum Gasteiger partial charge on any atom is 0.416 e. The molecule has 158 valence electrons. The molecule has 0 saturated carbocycles. The molecule has 30 heavy (non-hydrogen) atoms. The summed E-state index contributed by atoms with van der Waals surface area (Å²) in [5.74, 6) is -1.56. The summed E-state index contributed by atoms with van der Waals surface area (Å²) in [5.41, 5.74) is 5.53. The highest BCUT2D eigenvalue weighted by molar-refractivity contribution is 5.91. The number of benzene rings is 2. The number of nitrogens with zero attached hydrogens (tertiary/aromatic N) is 1. The number of hydrogen-bond acceptors (Lipinski definition) is 5. The minimum atomic E-state index is -4.70. The number of rotatable bonds is 6. The van der Waals surface area contributed by atoms with E-state index in [9.17, 15) is 27.5 Å². The minimum absolute atomic E-state index is 0.0524. The van der Waals surface area contributed by atoms with Gasteiger partial charge in [-0.25, -0.2) is 9.37 Å². The van der Waals surface area contributed by atoms with Gasteiger partial charge in [0.2, 0.25) is 5.89 Å². The Morgan fingerprint density at radius 1 is 1.17 bits per heavy atom. The van der Waals surface area contributed by atoms with Crippen LogP contribution in [0.25, 0.3) is 0 Å². The van der Waals surface area contributed by atoms with Crippen molar-refractivity contribution < 1.29 is 31.9 Å². The third kappa shape index (κ3) is 5.35. The van der Waals surface area contributed by atoms with Crippen LogP contribution in [0.2, 0.25) is 0 Å². The Morgan fingerprint density at radius 3 is 2.53 bits per heavy atom. The first-order valence-electron chi connectivity index (χ1n) is 8.75. The van der Waals surface area contributed by atoms with Gasteiger partial charge < -0.3 is 20.6 Å². The van der Waals surface area contributed by atoms with Crippen molar-refractivity contribution in [2.75, 3.05) is 0 Å². The van der Waals surface area contributed by atoms with Gasteiger partial charge >= 0.3 is 6.18 Å². The van der Waals surface area contributed by atoms with Crippen LogP contribution in [-0.2, 0) is 19.1 Å². The monoisotopic (exact) mass is 423 g/mol. The molecule has 3 rings (SSSR count). The van der Waals surface area contributed by atoms with Gasteiger partial charge in [0.25, 0.3) is 5.91 Å². The maximum absolute atomic E-state index is 13.4. The molecule has 10 heteroatoms. The molecule has 1 atom stereocenters. The van der Waals surface area contributed by atoms with E-state index in [1.807, 2.05) is 0 Å². The number of carbonyl (C=O) groups is 1. The van der Waals surface area contributed by atoms with Gasteiger partial charge in [-0.2, -0.15) is 13.2 Å². The van der Waals surface area contributed by atoms with Crippen LogP contribution in [0.1, 0.15) is 39.1 Å². The molecule has 1 aromatic heterocycles. The van der Waals surface area contributed by atoms with E-state index < -0.39 is 29.5 Å². The Labute approximate surface area is 168 Å². The number of oxazole rings is 1. The fraction of sp³-hybridized carbons (Fsp3) is 0.200. The van der Waals surface area contributed by atoms with Crippen molar-refractivity contribution in [1.29, 1.82) is 0 Å². The summed E-state index contributed by atoms with van der Waals surface area (Å²) < 4.78 is 57.0. The summed E-state index contributed by atoms with van der Waals surface area (Å²) in [7, 11) is 0. The Bertz CT molecular complexity index is 1030. The van der Waals surface area contributed by atoms with Crippen LogP contribution < -0.4 is 11.1 Å². The number of aromatic nitrogens is 1. The molecule has 3 aromatic rings. The zero-order valence-electron chi connectivity index (χ0n) is 15.4. The predicted octanol–water partition coefficient (Wildman–Crippen LogP) is 3.71. The highest BCUT2D eigenvalue weighted by Gasteiger charge is 2.31. The first kappa shape index (κ1) is 21.3. The molecule has 0 saturated heterocycles. The lowest BCUT2D eigenvalue weighted by atomic mass is 10.1. The quantitative estimate of drug-likeness (QED) is 0.525. The summed E-state index contributed by atoms with van der Waals surface area (Å²) in [6.45, 7) is -0.332. The van der Waals surface area contributed by atoms with Crippen molar-refractivity contribution >= 4 is 5.91 Å². The zero-order chi connectivity index (χ0) is 21.9. The van der Waals surface area contributed by atoms with E-state index >= 15 is 0 Å². The first-order chi connectivity index (χ1) is 14.1. The lowest BCUT2D eigenvalue weighted by Crippen LogP contribution is -2.24. The normalized spacial score (nSPS) is 12.6. The molecule has 0 radical (unpaired) electrons. The number of aromatic hydroxyl groups is 1. The van der Waals surface area contributed by atoms with E-state index in [1.165, 1.54) is 12.1 Å². The molecular formula is C20H17F4N3O3. The van der Waals surface area contributed by atoms with Crippen molar-refractivity contribution in [3.05, 3.63) is 82.8 Å². The van der Waals surface area contributed by atoms with Gasteiger partial charge in [0.05, 0.1) is 11.6 Å². The largest absolute Gasteiger partial charge is 0.508 e. The van der Waals surface area contributed by atoms with E-state index in [1.54, 1.807) is 12.1 Å². The van der Waals surface area contributed by atoms with Crippen molar-refractivity contribution in [2.24, 2.45) is 5.73 Å². The summed E-state index contributed by atoms with van der Waals surface area (Å²) >= 11 is 0. The standard InChI is InChI=1S/C20H17F4N3O3/c21-14-6-12(5-13(8-14)20(22,23)24)9-26-18(29)17-10-30-19(27-17)16(25)7-11-1-3-15(28)4-2-11/h1-6,8,10,16,28H,7,9,25H2,(H,26,29). The lowest BCUT2D eigenvalue weighted by molar-refractivity contribution is -0.137. The van der Waals surface area contributed by atoms with Crippen LogP contribution in [0.3, 0.4) is 0 Å². The smallest absolute Gasteiger partial charge is 0.416 e. The highest BCUT2D eigenvalue weighted by Crippen LogP contribution is 2.30. The van der Waals surface area contributed by atoms with Crippen LogP contribution in [0.15, 0.2) is 53.1 Å². The topological polar surface area (TPSA) is 101 Å². The number of nitrogens with two attached hydrogens (primary N) is 1. The molecule has 0 fully saturated rings. The van der Waals surface area contributed by atoms with Gasteiger partial charge in [-0.15, -0.1) is 0 Å². The summed E-state index contributed by atoms with van der Waals surface area (Å²) in [4.78, 5) is 16.2. The number of phenolic OH excluding ortho intramolecular Hbond substituents is 1. The molecule has 0 aliphatic carbocycles. The van der Waals surface area contributed by atoms with Gasteiger partial charge in [-0.05, 0) is 47.9 Å². The molecule has 4 N–H and O–H groups in total. The van der Waals surface area contributed by atoms with Gasteiger partial charge in [-0.1, -0.05) is 12.1 Å². The van der Waals surface area contributed by atoms with Gasteiger partial charge in [0.1, 0.15) is 17.8 Å². The van der Waals surface area contributed by atoms with E-state index in [4.69, 9.17) is 10.2 Å². The number of phenols is 1. The van der Waals surface area contributed by atoms with Crippen LogP contribution in [0.5, 0.6) is 5.75 Å². The summed E-state index contributed by atoms with van der Waals surface area (Å²) in [6.07, 6.45) is -3.28. The summed E-state index contributed by atoms with van der Waals surface area (Å²) in [5, 5.41) is 11.7. The van der Waals surface area contributed by atoms with E-state index in [0.717, 1.165) is 24.0 Å². The number of hydrogen-bond donors (Lipinski definition) is 3. The Morgan fingerprint density at radius 2 is 1.87 bits per heavy atom. The fourth-order valence-corrected chi connectivity index (χ4v) is 2.72. The van der Waals surface area contributed by atoms with Crippen molar-refractivity contribution in [2.45, 2.75) is 25.2 Å². The van der Waals surface area contributed by atoms with Crippen molar-refractivity contribution in [1.82, 2.24) is 10.3 Å². The van der Waals surface area contributed by atoms with Gasteiger partial charge in [0.15, 0.2) is 5.69 Å². The Hall–Kier alpha value is -3.40. The molecule has 0 spiro atoms. The minimum Gasteiger partial charge on any atom is -0.508 e.